The molecule has 4 heteroatoms. The summed E-state index contributed by atoms with van der Waals surface area (Å²) in [5.74, 6) is 0.680. The predicted octanol–water partition coefficient (Wildman–Crippen LogP) is 2.13. The molecule has 0 aliphatic carbocycles. The van der Waals surface area contributed by atoms with Crippen LogP contribution >= 0.6 is 11.6 Å². The van der Waals surface area contributed by atoms with Crippen LogP contribution in [0.1, 0.15) is 12.5 Å². The van der Waals surface area contributed by atoms with Crippen LogP contribution in [-0.4, -0.2) is 12.6 Å². The van der Waals surface area contributed by atoms with Crippen LogP contribution in [-0.2, 0) is 6.42 Å². The van der Waals surface area contributed by atoms with E-state index in [0.29, 0.717) is 23.7 Å². The Bertz CT molecular complexity index is 373. The molecule has 0 aliphatic heterocycles. The number of nitrogens with zero attached hydrogens (tertiary/aromatic N) is 1. The lowest BCUT2D eigenvalue weighted by Gasteiger charge is -2.12. The highest BCUT2D eigenvalue weighted by Gasteiger charge is 2.07. The van der Waals surface area contributed by atoms with Gasteiger partial charge in [-0.15, -0.1) is 0 Å². The van der Waals surface area contributed by atoms with E-state index in [-0.39, 0.29) is 0 Å². The van der Waals surface area contributed by atoms with Gasteiger partial charge in [0.05, 0.1) is 0 Å². The second kappa shape index (κ2) is 5.59. The van der Waals surface area contributed by atoms with Crippen molar-refractivity contribution in [3.63, 3.8) is 0 Å². The second-order valence-electron chi connectivity index (χ2n) is 3.18. The number of halogens is 1. The SMILES string of the molecule is CC(C#N)Oc1ccc(Cl)cc1CCN. The molecule has 1 aromatic rings. The number of nitriles is 1. The van der Waals surface area contributed by atoms with Crippen molar-refractivity contribution in [3.8, 4) is 11.8 Å². The molecule has 0 radical (unpaired) electrons. The lowest BCUT2D eigenvalue weighted by molar-refractivity contribution is 0.273. The number of hydrogen-bond donors (Lipinski definition) is 1. The third kappa shape index (κ3) is 3.43. The van der Waals surface area contributed by atoms with Gasteiger partial charge in [-0.3, -0.25) is 0 Å². The first-order chi connectivity index (χ1) is 7.17. The Morgan fingerprint density at radius 1 is 1.60 bits per heavy atom. The Kier molecular flexibility index (Phi) is 4.41. The van der Waals surface area contributed by atoms with E-state index in [1.165, 1.54) is 0 Å². The fourth-order valence-corrected chi connectivity index (χ4v) is 1.43. The zero-order valence-electron chi connectivity index (χ0n) is 8.53. The molecule has 0 aromatic heterocycles. The van der Waals surface area contributed by atoms with Crippen molar-refractivity contribution in [1.29, 1.82) is 5.26 Å². The standard InChI is InChI=1S/C11H13ClN2O/c1-8(7-14)15-11-3-2-10(12)6-9(11)4-5-13/h2-3,6,8H,4-5,13H2,1H3. The number of hydrogen-bond acceptors (Lipinski definition) is 3. The molecule has 0 aliphatic rings. The molecular formula is C11H13ClN2O. The van der Waals surface area contributed by atoms with E-state index in [1.54, 1.807) is 19.1 Å². The molecule has 0 fully saturated rings. The minimum Gasteiger partial charge on any atom is -0.476 e. The summed E-state index contributed by atoms with van der Waals surface area (Å²) in [6, 6.07) is 7.33. The van der Waals surface area contributed by atoms with Gasteiger partial charge < -0.3 is 10.5 Å². The van der Waals surface area contributed by atoms with Crippen LogP contribution < -0.4 is 10.5 Å². The lowest BCUT2D eigenvalue weighted by Crippen LogP contribution is -2.11. The van der Waals surface area contributed by atoms with Crippen molar-refractivity contribution in [3.05, 3.63) is 28.8 Å². The summed E-state index contributed by atoms with van der Waals surface area (Å²) in [4.78, 5) is 0. The molecule has 0 bridgehead atoms. The van der Waals surface area contributed by atoms with Gasteiger partial charge in [-0.25, -0.2) is 0 Å². The normalized spacial score (nSPS) is 11.9. The van der Waals surface area contributed by atoms with Gasteiger partial charge in [-0.2, -0.15) is 5.26 Å². The van der Waals surface area contributed by atoms with Crippen LogP contribution in [0.3, 0.4) is 0 Å². The molecule has 0 heterocycles. The van der Waals surface area contributed by atoms with Gasteiger partial charge in [0.1, 0.15) is 11.8 Å². The first-order valence-corrected chi connectivity index (χ1v) is 5.10. The van der Waals surface area contributed by atoms with Gasteiger partial charge in [-0.05, 0) is 43.7 Å². The van der Waals surface area contributed by atoms with Crippen LogP contribution in [0.25, 0.3) is 0 Å². The van der Waals surface area contributed by atoms with E-state index in [2.05, 4.69) is 0 Å². The number of benzene rings is 1. The van der Waals surface area contributed by atoms with Crippen LogP contribution in [0, 0.1) is 11.3 Å². The summed E-state index contributed by atoms with van der Waals surface area (Å²) in [7, 11) is 0. The number of rotatable bonds is 4. The largest absolute Gasteiger partial charge is 0.476 e. The average Bonchev–Trinajstić information content (AvgIpc) is 2.22. The van der Waals surface area contributed by atoms with Crippen LogP contribution in [0.2, 0.25) is 5.02 Å². The van der Waals surface area contributed by atoms with Gasteiger partial charge in [0.2, 0.25) is 0 Å². The summed E-state index contributed by atoms with van der Waals surface area (Å²) in [6.45, 7) is 2.22. The highest BCUT2D eigenvalue weighted by Crippen LogP contribution is 2.24. The van der Waals surface area contributed by atoms with Crippen molar-refractivity contribution in [1.82, 2.24) is 0 Å². The fourth-order valence-electron chi connectivity index (χ4n) is 1.23. The lowest BCUT2D eigenvalue weighted by atomic mass is 10.1. The van der Waals surface area contributed by atoms with Gasteiger partial charge in [0, 0.05) is 5.02 Å². The second-order valence-corrected chi connectivity index (χ2v) is 3.62. The van der Waals surface area contributed by atoms with E-state index in [1.807, 2.05) is 12.1 Å². The van der Waals surface area contributed by atoms with Crippen LogP contribution in [0.4, 0.5) is 0 Å². The molecule has 1 aromatic carbocycles. The molecule has 0 spiro atoms. The molecule has 0 saturated heterocycles. The Morgan fingerprint density at radius 2 is 2.33 bits per heavy atom. The molecule has 3 nitrogen and oxygen atoms in total. The smallest absolute Gasteiger partial charge is 0.181 e. The molecule has 0 saturated carbocycles. The van der Waals surface area contributed by atoms with Crippen molar-refractivity contribution >= 4 is 11.6 Å². The van der Waals surface area contributed by atoms with Crippen LogP contribution in [0.15, 0.2) is 18.2 Å². The number of nitrogens with two attached hydrogens (primary N) is 1. The molecule has 80 valence electrons. The quantitative estimate of drug-likeness (QED) is 0.853. The van der Waals surface area contributed by atoms with Gasteiger partial charge in [-0.1, -0.05) is 11.6 Å². The molecular weight excluding hydrogens is 212 g/mol. The summed E-state index contributed by atoms with van der Waals surface area (Å²) in [5, 5.41) is 9.29. The Labute approximate surface area is 94.4 Å². The summed E-state index contributed by atoms with van der Waals surface area (Å²) in [5.41, 5.74) is 6.42. The van der Waals surface area contributed by atoms with E-state index in [0.717, 1.165) is 5.56 Å². The molecule has 1 rings (SSSR count). The minimum atomic E-state index is -0.470. The zero-order chi connectivity index (χ0) is 11.3. The van der Waals surface area contributed by atoms with Crippen molar-refractivity contribution in [2.75, 3.05) is 6.54 Å². The minimum absolute atomic E-state index is 0.470. The van der Waals surface area contributed by atoms with Gasteiger partial charge in [0.15, 0.2) is 6.10 Å². The maximum absolute atomic E-state index is 8.65. The third-order valence-electron chi connectivity index (χ3n) is 1.92. The number of ether oxygens (including phenoxy) is 1. The van der Waals surface area contributed by atoms with E-state index < -0.39 is 6.10 Å². The van der Waals surface area contributed by atoms with Gasteiger partial charge in [0.25, 0.3) is 0 Å². The Hall–Kier alpha value is -1.24. The first-order valence-electron chi connectivity index (χ1n) is 4.72. The molecule has 0 amide bonds. The van der Waals surface area contributed by atoms with Crippen LogP contribution in [0.5, 0.6) is 5.75 Å². The monoisotopic (exact) mass is 224 g/mol. The summed E-state index contributed by atoms with van der Waals surface area (Å²) in [6.07, 6.45) is 0.219. The average molecular weight is 225 g/mol. The zero-order valence-corrected chi connectivity index (χ0v) is 9.29. The maximum Gasteiger partial charge on any atom is 0.181 e. The summed E-state index contributed by atoms with van der Waals surface area (Å²) < 4.78 is 5.43. The van der Waals surface area contributed by atoms with E-state index in [4.69, 9.17) is 27.3 Å². The molecule has 2 N–H and O–H groups in total. The molecule has 15 heavy (non-hydrogen) atoms. The first kappa shape index (κ1) is 11.8. The highest BCUT2D eigenvalue weighted by atomic mass is 35.5. The molecule has 1 unspecified atom stereocenters. The van der Waals surface area contributed by atoms with Crippen molar-refractivity contribution in [2.24, 2.45) is 5.73 Å². The Morgan fingerprint density at radius 3 is 2.93 bits per heavy atom. The Balaban J connectivity index is 2.91. The van der Waals surface area contributed by atoms with Crippen molar-refractivity contribution < 1.29 is 4.74 Å². The highest BCUT2D eigenvalue weighted by molar-refractivity contribution is 6.30. The third-order valence-corrected chi connectivity index (χ3v) is 2.16. The van der Waals surface area contributed by atoms with Crippen molar-refractivity contribution in [2.45, 2.75) is 19.4 Å². The van der Waals surface area contributed by atoms with E-state index in [9.17, 15) is 0 Å². The van der Waals surface area contributed by atoms with Gasteiger partial charge >= 0.3 is 0 Å². The maximum atomic E-state index is 8.65. The predicted molar refractivity (Wildman–Crippen MR) is 59.9 cm³/mol. The van der Waals surface area contributed by atoms with E-state index >= 15 is 0 Å². The topological polar surface area (TPSA) is 59.0 Å². The fraction of sp³-hybridized carbons (Fsp3) is 0.364. The summed E-state index contributed by atoms with van der Waals surface area (Å²) >= 11 is 5.86. The molecule has 1 atom stereocenters.